The maximum Gasteiger partial charge on any atom is 2.00 e. The summed E-state index contributed by atoms with van der Waals surface area (Å²) in [5, 5.41) is 0. The molecule has 51 heavy (non-hydrogen) atoms. The van der Waals surface area contributed by atoms with Gasteiger partial charge in [0.2, 0.25) is 0 Å². The maximum atomic E-state index is 3.48. The molecule has 0 nitrogen and oxygen atoms in total. The van der Waals surface area contributed by atoms with E-state index < -0.39 is 0 Å². The Morgan fingerprint density at radius 2 is 0.608 bits per heavy atom. The van der Waals surface area contributed by atoms with Crippen molar-refractivity contribution in [1.29, 1.82) is 0 Å². The topological polar surface area (TPSA) is 0 Å². The fraction of sp³-hybridized carbons (Fsp3) is 0.200. The molecule has 0 unspecified atom stereocenters. The molecule has 6 heteroatoms. The van der Waals surface area contributed by atoms with Crippen LogP contribution in [0.1, 0.15) is 66.8 Å². The summed E-state index contributed by atoms with van der Waals surface area (Å²) in [6.45, 7) is 13.0. The smallest absolute Gasteiger partial charge is 1.00 e. The van der Waals surface area contributed by atoms with Crippen molar-refractivity contribution in [1.82, 2.24) is 0 Å². The van der Waals surface area contributed by atoms with Crippen molar-refractivity contribution in [3.05, 3.63) is 176 Å². The second-order valence-electron chi connectivity index (χ2n) is 13.0. The number of benzene rings is 6. The second-order valence-corrected chi connectivity index (χ2v) is 13.0. The minimum Gasteiger partial charge on any atom is -1.00 e. The van der Waals surface area contributed by atoms with Gasteiger partial charge in [0.15, 0.2) is 0 Å². The van der Waals surface area contributed by atoms with Crippen molar-refractivity contribution in [2.24, 2.45) is 0 Å². The monoisotopic (exact) mass is 954 g/mol. The summed E-state index contributed by atoms with van der Waals surface area (Å²) in [7, 11) is 0. The van der Waals surface area contributed by atoms with Crippen LogP contribution in [0.5, 0.6) is 0 Å². The van der Waals surface area contributed by atoms with E-state index in [1.165, 1.54) is 100 Å². The number of rotatable bonds is 0. The molecule has 0 saturated heterocycles. The molecule has 0 atom stereocenters. The largest absolute Gasteiger partial charge is 2.00 e. The van der Waals surface area contributed by atoms with Crippen LogP contribution in [0.2, 0.25) is 0 Å². The van der Waals surface area contributed by atoms with E-state index in [9.17, 15) is 0 Å². The van der Waals surface area contributed by atoms with Crippen LogP contribution < -0.4 is 37.2 Å². The van der Waals surface area contributed by atoms with Gasteiger partial charge in [0.25, 0.3) is 0 Å². The number of fused-ring (bicyclic) bond motifs is 9. The minimum absolute atomic E-state index is 0. The Labute approximate surface area is 381 Å². The third kappa shape index (κ3) is 9.94. The van der Waals surface area contributed by atoms with E-state index in [1.807, 2.05) is 0 Å². The molecule has 252 valence electrons. The third-order valence-electron chi connectivity index (χ3n) is 9.39. The number of hydrogen-bond donors (Lipinski definition) is 0. The molecule has 3 aliphatic rings. The molecular weight excluding hydrogens is 921 g/mol. The van der Waals surface area contributed by atoms with Gasteiger partial charge in [-0.15, -0.1) is 33.4 Å². The van der Waals surface area contributed by atoms with Gasteiger partial charge in [0, 0.05) is 0 Å². The summed E-state index contributed by atoms with van der Waals surface area (Å²) >= 11 is 0. The minimum atomic E-state index is 0. The molecule has 0 saturated carbocycles. The van der Waals surface area contributed by atoms with Crippen LogP contribution in [0.15, 0.2) is 91.0 Å². The molecule has 0 fully saturated rings. The molecule has 9 rings (SSSR count). The predicted molar refractivity (Wildman–Crippen MR) is 189 cm³/mol. The van der Waals surface area contributed by atoms with Crippen molar-refractivity contribution < 1.29 is 116 Å². The fourth-order valence-electron chi connectivity index (χ4n) is 7.76. The predicted octanol–water partition coefficient (Wildman–Crippen LogP) is 2.03. The Bertz CT molecular complexity index is 1880. The summed E-state index contributed by atoms with van der Waals surface area (Å²) < 4.78 is 0. The van der Waals surface area contributed by atoms with Crippen molar-refractivity contribution in [2.45, 2.75) is 60.8 Å². The van der Waals surface area contributed by atoms with Crippen LogP contribution in [-0.2, 0) is 97.9 Å². The SMILES string of the molecule is Cc1[c-]c2c(c(C)c1)-c1ccccc1C2.Cc1[c-]c2c(c(C)c1)-c1ccccc1C2.Cc1[c-]c2c(c(C)c1)-c1ccccc1C2.[Cl-].[Cl-].[Cl-].[Zr+2].[Zr+2].[Zr+2]. The average molecular weight is 960 g/mol. The molecule has 0 N–H and O–H groups in total. The molecule has 3 aliphatic carbocycles. The van der Waals surface area contributed by atoms with Gasteiger partial charge in [-0.05, 0) is 19.3 Å². The quantitative estimate of drug-likeness (QED) is 0.205. The van der Waals surface area contributed by atoms with E-state index in [0.29, 0.717) is 0 Å². The fourth-order valence-corrected chi connectivity index (χ4v) is 7.76. The summed E-state index contributed by atoms with van der Waals surface area (Å²) in [6, 6.07) is 43.1. The molecular formula is C45H39Cl3Zr3. The summed E-state index contributed by atoms with van der Waals surface area (Å²) in [5.74, 6) is 0. The molecule has 6 aromatic rings. The van der Waals surface area contributed by atoms with Gasteiger partial charge in [-0.3, -0.25) is 0 Å². The first kappa shape index (κ1) is 47.9. The number of aryl methyl sites for hydroxylation is 6. The van der Waals surface area contributed by atoms with Crippen LogP contribution in [0.25, 0.3) is 33.4 Å². The van der Waals surface area contributed by atoms with Crippen LogP contribution >= 0.6 is 0 Å². The molecule has 0 aromatic heterocycles. The molecule has 6 aromatic carbocycles. The van der Waals surface area contributed by atoms with Crippen LogP contribution in [0.4, 0.5) is 0 Å². The Morgan fingerprint density at radius 1 is 0.373 bits per heavy atom. The third-order valence-corrected chi connectivity index (χ3v) is 9.39. The molecule has 0 radical (unpaired) electrons. The first-order valence-electron chi connectivity index (χ1n) is 16.1. The Hall–Kier alpha value is -1.16. The van der Waals surface area contributed by atoms with Gasteiger partial charge in [0.05, 0.1) is 0 Å². The van der Waals surface area contributed by atoms with Gasteiger partial charge in [0.1, 0.15) is 0 Å². The van der Waals surface area contributed by atoms with Crippen LogP contribution in [0, 0.1) is 59.7 Å². The zero-order valence-corrected chi connectivity index (χ0v) is 39.6. The van der Waals surface area contributed by atoms with Crippen molar-refractivity contribution >= 4 is 0 Å². The van der Waals surface area contributed by atoms with E-state index in [1.54, 1.807) is 0 Å². The van der Waals surface area contributed by atoms with Crippen LogP contribution in [-0.4, -0.2) is 0 Å². The molecule has 0 bridgehead atoms. The second kappa shape index (κ2) is 20.5. The zero-order chi connectivity index (χ0) is 31.2. The van der Waals surface area contributed by atoms with Gasteiger partial charge in [-0.1, -0.05) is 148 Å². The molecule has 0 amide bonds. The normalized spacial score (nSPS) is 10.9. The maximum absolute atomic E-state index is 3.48. The summed E-state index contributed by atoms with van der Waals surface area (Å²) in [6.07, 6.45) is 3.15. The van der Waals surface area contributed by atoms with E-state index in [-0.39, 0.29) is 116 Å². The summed E-state index contributed by atoms with van der Waals surface area (Å²) in [5.41, 5.74) is 24.8. The van der Waals surface area contributed by atoms with E-state index in [4.69, 9.17) is 0 Å². The van der Waals surface area contributed by atoms with E-state index >= 15 is 0 Å². The molecule has 0 spiro atoms. The van der Waals surface area contributed by atoms with Crippen molar-refractivity contribution in [2.75, 3.05) is 0 Å². The Kier molecular flexibility index (Phi) is 19.2. The Morgan fingerprint density at radius 3 is 0.863 bits per heavy atom. The van der Waals surface area contributed by atoms with Gasteiger partial charge in [-0.2, -0.15) is 69.8 Å². The first-order valence-corrected chi connectivity index (χ1v) is 16.1. The summed E-state index contributed by atoms with van der Waals surface area (Å²) in [4.78, 5) is 0. The van der Waals surface area contributed by atoms with Gasteiger partial charge in [-0.25, -0.2) is 0 Å². The van der Waals surface area contributed by atoms with Crippen molar-refractivity contribution in [3.8, 4) is 33.4 Å². The average Bonchev–Trinajstić information content (AvgIpc) is 3.68. The van der Waals surface area contributed by atoms with E-state index in [0.717, 1.165) is 19.3 Å². The van der Waals surface area contributed by atoms with Crippen LogP contribution in [0.3, 0.4) is 0 Å². The van der Waals surface area contributed by atoms with Gasteiger partial charge < -0.3 is 37.2 Å². The standard InChI is InChI=1S/3C15H13.3ClH.3Zr/c3*1-10-7-11(2)15-13(8-10)9-12-5-3-4-6-14(12)15;;;;;;/h3*3-7H,9H2,1-2H3;3*1H;;;/q3*-1;;;;3*+2/p-3. The van der Waals surface area contributed by atoms with E-state index in [2.05, 4.69) is 151 Å². The Balaban J connectivity index is 0.000000361. The first-order chi connectivity index (χ1) is 21.8. The zero-order valence-electron chi connectivity index (χ0n) is 29.9. The van der Waals surface area contributed by atoms with Crippen molar-refractivity contribution in [3.63, 3.8) is 0 Å². The number of hydrogen-bond acceptors (Lipinski definition) is 0. The molecule has 0 aliphatic heterocycles. The molecule has 0 heterocycles. The number of halogens is 3. The van der Waals surface area contributed by atoms with Gasteiger partial charge >= 0.3 is 78.6 Å².